The van der Waals surface area contributed by atoms with Crippen LogP contribution < -0.4 is 14.8 Å². The standard InChI is InChI=1S/C27H38N2O5/c1-4-6-17-28-26(32)29(18-5-2)19-10-20-33-23-15-13-22(14-16-23)21-27(3,25(30)31)34-24-11-8-7-9-12-24/h7-9,11-16H,4-6,10,17-21H2,1-3H3,(H,28,32)(H,30,31). The zero-order valence-corrected chi connectivity index (χ0v) is 20.6. The van der Waals surface area contributed by atoms with Crippen molar-refractivity contribution >= 4 is 12.0 Å². The van der Waals surface area contributed by atoms with Crippen molar-refractivity contribution in [2.24, 2.45) is 0 Å². The molecule has 0 spiro atoms. The third-order valence-corrected chi connectivity index (χ3v) is 5.43. The van der Waals surface area contributed by atoms with Gasteiger partial charge in [-0.1, -0.05) is 50.6 Å². The molecular formula is C27H38N2O5. The van der Waals surface area contributed by atoms with Crippen molar-refractivity contribution in [3.05, 3.63) is 60.2 Å². The van der Waals surface area contributed by atoms with Gasteiger partial charge in [0.2, 0.25) is 5.60 Å². The van der Waals surface area contributed by atoms with Crippen LogP contribution in [0.1, 0.15) is 52.0 Å². The molecule has 2 rings (SSSR count). The van der Waals surface area contributed by atoms with Crippen molar-refractivity contribution in [2.45, 2.75) is 58.5 Å². The van der Waals surface area contributed by atoms with Crippen LogP contribution in [0.25, 0.3) is 0 Å². The van der Waals surface area contributed by atoms with Crippen LogP contribution >= 0.6 is 0 Å². The smallest absolute Gasteiger partial charge is 0.348 e. The summed E-state index contributed by atoms with van der Waals surface area (Å²) in [6, 6.07) is 16.3. The van der Waals surface area contributed by atoms with Gasteiger partial charge in [-0.2, -0.15) is 0 Å². The van der Waals surface area contributed by atoms with Gasteiger partial charge in [-0.15, -0.1) is 0 Å². The molecular weight excluding hydrogens is 432 g/mol. The van der Waals surface area contributed by atoms with Gasteiger partial charge in [0.25, 0.3) is 0 Å². The van der Waals surface area contributed by atoms with Crippen molar-refractivity contribution in [3.63, 3.8) is 0 Å². The maximum atomic E-state index is 12.3. The second-order valence-corrected chi connectivity index (χ2v) is 8.55. The van der Waals surface area contributed by atoms with Gasteiger partial charge in [0.15, 0.2) is 0 Å². The summed E-state index contributed by atoms with van der Waals surface area (Å²) < 4.78 is 11.6. The number of para-hydroxylation sites is 1. The third kappa shape index (κ3) is 8.96. The van der Waals surface area contributed by atoms with Crippen molar-refractivity contribution in [3.8, 4) is 11.5 Å². The van der Waals surface area contributed by atoms with Gasteiger partial charge in [0, 0.05) is 26.1 Å². The Morgan fingerprint density at radius 2 is 1.65 bits per heavy atom. The Bertz CT molecular complexity index is 872. The molecule has 0 aromatic heterocycles. The molecule has 0 heterocycles. The Balaban J connectivity index is 1.84. The zero-order chi connectivity index (χ0) is 24.8. The molecule has 0 aliphatic carbocycles. The quantitative estimate of drug-likeness (QED) is 0.352. The van der Waals surface area contributed by atoms with Crippen LogP contribution in [0, 0.1) is 0 Å². The molecule has 0 saturated heterocycles. The maximum Gasteiger partial charge on any atom is 0.348 e. The van der Waals surface area contributed by atoms with Crippen molar-refractivity contribution in [1.29, 1.82) is 0 Å². The predicted octanol–water partition coefficient (Wildman–Crippen LogP) is 5.14. The largest absolute Gasteiger partial charge is 0.494 e. The van der Waals surface area contributed by atoms with Crippen LogP contribution in [-0.4, -0.2) is 53.8 Å². The highest BCUT2D eigenvalue weighted by Gasteiger charge is 2.36. The molecule has 1 atom stereocenters. The van der Waals surface area contributed by atoms with Gasteiger partial charge in [-0.3, -0.25) is 0 Å². The number of amides is 2. The number of aliphatic carboxylic acids is 1. The topological polar surface area (TPSA) is 88.1 Å². The monoisotopic (exact) mass is 470 g/mol. The van der Waals surface area contributed by atoms with Crippen LogP contribution in [0.3, 0.4) is 0 Å². The van der Waals surface area contributed by atoms with Gasteiger partial charge in [-0.25, -0.2) is 9.59 Å². The molecule has 186 valence electrons. The van der Waals surface area contributed by atoms with E-state index in [4.69, 9.17) is 9.47 Å². The molecule has 7 nitrogen and oxygen atoms in total. The second kappa shape index (κ2) is 14.1. The van der Waals surface area contributed by atoms with Crippen LogP contribution in [-0.2, 0) is 11.2 Å². The summed E-state index contributed by atoms with van der Waals surface area (Å²) in [6.45, 7) is 8.29. The summed E-state index contributed by atoms with van der Waals surface area (Å²) in [7, 11) is 0. The molecule has 2 amide bonds. The predicted molar refractivity (Wildman–Crippen MR) is 134 cm³/mol. The maximum absolute atomic E-state index is 12.3. The summed E-state index contributed by atoms with van der Waals surface area (Å²) in [5, 5.41) is 12.7. The van der Waals surface area contributed by atoms with E-state index in [9.17, 15) is 14.7 Å². The molecule has 1 unspecified atom stereocenters. The number of hydrogen-bond donors (Lipinski definition) is 2. The molecule has 0 saturated carbocycles. The Morgan fingerprint density at radius 3 is 2.26 bits per heavy atom. The Hall–Kier alpha value is -3.22. The van der Waals surface area contributed by atoms with E-state index in [1.807, 2.05) is 47.4 Å². The Kier molecular flexibility index (Phi) is 11.2. The van der Waals surface area contributed by atoms with Gasteiger partial charge >= 0.3 is 12.0 Å². The number of nitrogens with zero attached hydrogens (tertiary/aromatic N) is 1. The number of hydrogen-bond acceptors (Lipinski definition) is 4. The number of carbonyl (C=O) groups is 2. The average molecular weight is 471 g/mol. The molecule has 2 aromatic rings. The Morgan fingerprint density at radius 1 is 0.941 bits per heavy atom. The minimum atomic E-state index is -1.38. The average Bonchev–Trinajstić information content (AvgIpc) is 2.82. The molecule has 0 aliphatic rings. The fraction of sp³-hybridized carbons (Fsp3) is 0.481. The number of rotatable bonds is 15. The Labute approximate surface area is 203 Å². The van der Waals surface area contributed by atoms with Crippen molar-refractivity contribution in [2.75, 3.05) is 26.2 Å². The first-order valence-corrected chi connectivity index (χ1v) is 12.1. The number of carboxylic acid groups (broad SMARTS) is 1. The lowest BCUT2D eigenvalue weighted by molar-refractivity contribution is -0.153. The first kappa shape index (κ1) is 27.0. The number of nitrogens with one attached hydrogen (secondary N) is 1. The van der Waals surface area contributed by atoms with E-state index in [1.165, 1.54) is 0 Å². The minimum absolute atomic E-state index is 0.0149. The van der Waals surface area contributed by atoms with E-state index >= 15 is 0 Å². The number of unbranched alkanes of at least 4 members (excludes halogenated alkanes) is 1. The summed E-state index contributed by atoms with van der Waals surface area (Å²) in [6.07, 6.45) is 3.89. The van der Waals surface area contributed by atoms with E-state index in [0.717, 1.165) is 37.8 Å². The molecule has 7 heteroatoms. The highest BCUT2D eigenvalue weighted by molar-refractivity contribution is 5.78. The molecule has 0 aliphatic heterocycles. The number of urea groups is 1. The molecule has 0 fully saturated rings. The highest BCUT2D eigenvalue weighted by atomic mass is 16.5. The summed E-state index contributed by atoms with van der Waals surface area (Å²) in [5.74, 6) is 0.203. The zero-order valence-electron chi connectivity index (χ0n) is 20.6. The van der Waals surface area contributed by atoms with Crippen molar-refractivity contribution in [1.82, 2.24) is 10.2 Å². The van der Waals surface area contributed by atoms with Crippen LogP contribution in [0.5, 0.6) is 11.5 Å². The van der Waals surface area contributed by atoms with E-state index in [1.54, 1.807) is 19.1 Å². The number of ether oxygens (including phenoxy) is 2. The number of benzene rings is 2. The highest BCUT2D eigenvalue weighted by Crippen LogP contribution is 2.24. The lowest BCUT2D eigenvalue weighted by Gasteiger charge is -2.26. The lowest BCUT2D eigenvalue weighted by atomic mass is 9.96. The van der Waals surface area contributed by atoms with E-state index < -0.39 is 11.6 Å². The van der Waals surface area contributed by atoms with Gasteiger partial charge in [0.05, 0.1) is 6.61 Å². The van der Waals surface area contributed by atoms with Gasteiger partial charge in [0.1, 0.15) is 11.5 Å². The fourth-order valence-corrected chi connectivity index (χ4v) is 3.51. The second-order valence-electron chi connectivity index (χ2n) is 8.55. The number of carboxylic acids is 1. The molecule has 2 N–H and O–H groups in total. The summed E-state index contributed by atoms with van der Waals surface area (Å²) >= 11 is 0. The van der Waals surface area contributed by atoms with Gasteiger partial charge < -0.3 is 24.8 Å². The lowest BCUT2D eigenvalue weighted by Crippen LogP contribution is -2.43. The fourth-order valence-electron chi connectivity index (χ4n) is 3.51. The van der Waals surface area contributed by atoms with E-state index in [2.05, 4.69) is 19.2 Å². The first-order chi connectivity index (χ1) is 16.4. The van der Waals surface area contributed by atoms with E-state index in [-0.39, 0.29) is 12.5 Å². The molecule has 34 heavy (non-hydrogen) atoms. The van der Waals surface area contributed by atoms with Crippen molar-refractivity contribution < 1.29 is 24.2 Å². The van der Waals surface area contributed by atoms with Crippen LogP contribution in [0.15, 0.2) is 54.6 Å². The number of carbonyl (C=O) groups excluding carboxylic acids is 1. The van der Waals surface area contributed by atoms with Crippen LogP contribution in [0.4, 0.5) is 4.79 Å². The third-order valence-electron chi connectivity index (χ3n) is 5.43. The summed E-state index contributed by atoms with van der Waals surface area (Å²) in [4.78, 5) is 26.1. The molecule has 0 radical (unpaired) electrons. The SMILES string of the molecule is CCCCNC(=O)N(CCC)CCCOc1ccc(CC(C)(Oc2ccccc2)C(=O)O)cc1. The molecule has 2 aromatic carbocycles. The minimum Gasteiger partial charge on any atom is -0.494 e. The molecule has 0 bridgehead atoms. The van der Waals surface area contributed by atoms with Crippen LogP contribution in [0.2, 0.25) is 0 Å². The van der Waals surface area contributed by atoms with Gasteiger partial charge in [-0.05, 0) is 56.0 Å². The normalized spacial score (nSPS) is 12.4. The van der Waals surface area contributed by atoms with E-state index in [0.29, 0.717) is 31.2 Å². The first-order valence-electron chi connectivity index (χ1n) is 12.1. The summed E-state index contributed by atoms with van der Waals surface area (Å²) in [5.41, 5.74) is -0.546.